The van der Waals surface area contributed by atoms with Crippen molar-refractivity contribution in [1.82, 2.24) is 0 Å². The van der Waals surface area contributed by atoms with E-state index in [4.69, 9.17) is 0 Å². The van der Waals surface area contributed by atoms with Gasteiger partial charge in [-0.1, -0.05) is 0 Å². The maximum atomic E-state index is 11.6. The van der Waals surface area contributed by atoms with Gasteiger partial charge in [-0.3, -0.25) is 4.79 Å². The highest BCUT2D eigenvalue weighted by Gasteiger charge is 2.25. The smallest absolute Gasteiger partial charge is 0.163 e. The molecule has 0 saturated heterocycles. The van der Waals surface area contributed by atoms with Gasteiger partial charge in [-0.25, -0.2) is 0 Å². The third-order valence-corrected chi connectivity index (χ3v) is 3.71. The van der Waals surface area contributed by atoms with E-state index in [1.165, 1.54) is 36.0 Å². The van der Waals surface area contributed by atoms with Crippen LogP contribution in [0.3, 0.4) is 0 Å². The summed E-state index contributed by atoms with van der Waals surface area (Å²) in [7, 11) is 0. The van der Waals surface area contributed by atoms with Crippen LogP contribution in [0.4, 0.5) is 0 Å². The molecule has 0 atom stereocenters. The number of hydrogen-bond acceptors (Lipinski definition) is 1. The first-order valence-electron chi connectivity index (χ1n) is 5.45. The van der Waals surface area contributed by atoms with Crippen LogP contribution in [0.25, 0.3) is 0 Å². The van der Waals surface area contributed by atoms with Crippen molar-refractivity contribution < 1.29 is 4.79 Å². The van der Waals surface area contributed by atoms with Crippen molar-refractivity contribution in [3.63, 3.8) is 0 Å². The Hall–Kier alpha value is -1.11. The summed E-state index contributed by atoms with van der Waals surface area (Å²) in [6.45, 7) is 2.20. The Kier molecular flexibility index (Phi) is 1.58. The first kappa shape index (κ1) is 8.22. The monoisotopic (exact) mass is 186 g/mol. The fourth-order valence-electron chi connectivity index (χ4n) is 2.94. The highest BCUT2D eigenvalue weighted by atomic mass is 16.1. The maximum Gasteiger partial charge on any atom is 0.163 e. The molecule has 1 nitrogen and oxygen atoms in total. The summed E-state index contributed by atoms with van der Waals surface area (Å²) in [5.41, 5.74) is 6.77. The number of carbonyl (C=O) groups excluding carboxylic acids is 1. The minimum Gasteiger partial charge on any atom is -0.294 e. The van der Waals surface area contributed by atoms with Crippen LogP contribution in [0.15, 0.2) is 6.07 Å². The zero-order valence-electron chi connectivity index (χ0n) is 8.52. The number of hydrogen-bond donors (Lipinski definition) is 0. The molecule has 2 aliphatic rings. The van der Waals surface area contributed by atoms with E-state index in [2.05, 4.69) is 13.0 Å². The minimum absolute atomic E-state index is 0.359. The van der Waals surface area contributed by atoms with Crippen molar-refractivity contribution in [2.24, 2.45) is 0 Å². The van der Waals surface area contributed by atoms with Gasteiger partial charge in [0, 0.05) is 12.0 Å². The maximum absolute atomic E-state index is 11.6. The molecule has 0 spiro atoms. The van der Waals surface area contributed by atoms with Crippen LogP contribution in [0.5, 0.6) is 0 Å². The summed E-state index contributed by atoms with van der Waals surface area (Å²) >= 11 is 0. The topological polar surface area (TPSA) is 17.1 Å². The third-order valence-electron chi connectivity index (χ3n) is 3.71. The predicted molar refractivity (Wildman–Crippen MR) is 55.9 cm³/mol. The van der Waals surface area contributed by atoms with Gasteiger partial charge in [0.25, 0.3) is 0 Å². The molecule has 1 heteroatoms. The van der Waals surface area contributed by atoms with E-state index >= 15 is 0 Å². The lowest BCUT2D eigenvalue weighted by Crippen LogP contribution is -1.98. The molecule has 0 fully saturated rings. The average molecular weight is 186 g/mol. The molecule has 0 amide bonds. The molecule has 0 radical (unpaired) electrons. The van der Waals surface area contributed by atoms with Crippen molar-refractivity contribution in [2.75, 3.05) is 0 Å². The molecular weight excluding hydrogens is 172 g/mol. The van der Waals surface area contributed by atoms with Gasteiger partial charge in [0.15, 0.2) is 5.78 Å². The molecule has 14 heavy (non-hydrogen) atoms. The average Bonchev–Trinajstić information content (AvgIpc) is 2.75. The van der Waals surface area contributed by atoms with Crippen LogP contribution in [-0.4, -0.2) is 5.78 Å². The zero-order valence-corrected chi connectivity index (χ0v) is 8.52. The first-order valence-corrected chi connectivity index (χ1v) is 5.45. The molecule has 1 aromatic rings. The van der Waals surface area contributed by atoms with Gasteiger partial charge in [-0.15, -0.1) is 0 Å². The molecule has 0 saturated carbocycles. The second-order valence-electron chi connectivity index (χ2n) is 4.44. The summed E-state index contributed by atoms with van der Waals surface area (Å²) in [5, 5.41) is 0. The summed E-state index contributed by atoms with van der Waals surface area (Å²) < 4.78 is 0. The van der Waals surface area contributed by atoms with Crippen molar-refractivity contribution in [3.05, 3.63) is 33.9 Å². The lowest BCUT2D eigenvalue weighted by atomic mass is 9.95. The number of benzene rings is 1. The summed E-state index contributed by atoms with van der Waals surface area (Å²) in [6.07, 6.45) is 5.39. The molecule has 0 N–H and O–H groups in total. The Morgan fingerprint density at radius 1 is 1.07 bits per heavy atom. The van der Waals surface area contributed by atoms with Gasteiger partial charge in [0.05, 0.1) is 0 Å². The number of rotatable bonds is 0. The number of fused-ring (bicyclic) bond motifs is 2. The molecular formula is C13H14O. The largest absolute Gasteiger partial charge is 0.294 e. The van der Waals surface area contributed by atoms with Crippen LogP contribution in [0, 0.1) is 6.92 Å². The molecule has 0 unspecified atom stereocenters. The van der Waals surface area contributed by atoms with Crippen LogP contribution < -0.4 is 0 Å². The number of carbonyl (C=O) groups is 1. The van der Waals surface area contributed by atoms with E-state index in [9.17, 15) is 4.79 Å². The SMILES string of the molecule is Cc1c2c(cc3c1CCC3=O)CCC2. The van der Waals surface area contributed by atoms with E-state index in [-0.39, 0.29) is 0 Å². The van der Waals surface area contributed by atoms with Crippen LogP contribution in [0.2, 0.25) is 0 Å². The van der Waals surface area contributed by atoms with Gasteiger partial charge in [0.2, 0.25) is 0 Å². The van der Waals surface area contributed by atoms with E-state index in [0.717, 1.165) is 18.4 Å². The molecule has 0 heterocycles. The van der Waals surface area contributed by atoms with Gasteiger partial charge >= 0.3 is 0 Å². The molecule has 0 aromatic heterocycles. The number of ketones is 1. The highest BCUT2D eigenvalue weighted by Crippen LogP contribution is 2.34. The number of Topliss-reactive ketones (excluding diaryl/α,β-unsaturated/α-hetero) is 1. The van der Waals surface area contributed by atoms with Gasteiger partial charge in [-0.2, -0.15) is 0 Å². The third kappa shape index (κ3) is 0.927. The van der Waals surface area contributed by atoms with E-state index in [1.54, 1.807) is 5.56 Å². The van der Waals surface area contributed by atoms with E-state index in [1.807, 2.05) is 0 Å². The Morgan fingerprint density at radius 2 is 1.93 bits per heavy atom. The Morgan fingerprint density at radius 3 is 2.79 bits per heavy atom. The highest BCUT2D eigenvalue weighted by molar-refractivity contribution is 6.01. The summed E-state index contributed by atoms with van der Waals surface area (Å²) in [5.74, 6) is 0.359. The fraction of sp³-hybridized carbons (Fsp3) is 0.462. The lowest BCUT2D eigenvalue weighted by Gasteiger charge is -2.09. The Balaban J connectivity index is 2.29. The van der Waals surface area contributed by atoms with E-state index in [0.29, 0.717) is 5.78 Å². The fourth-order valence-corrected chi connectivity index (χ4v) is 2.94. The minimum atomic E-state index is 0.359. The van der Waals surface area contributed by atoms with Crippen LogP contribution in [0.1, 0.15) is 45.5 Å². The summed E-state index contributed by atoms with van der Waals surface area (Å²) in [6, 6.07) is 2.17. The van der Waals surface area contributed by atoms with Crippen LogP contribution in [-0.2, 0) is 19.3 Å². The Labute approximate surface area is 84.1 Å². The molecule has 3 rings (SSSR count). The van der Waals surface area contributed by atoms with E-state index < -0.39 is 0 Å². The molecule has 0 bridgehead atoms. The molecule has 72 valence electrons. The number of aryl methyl sites for hydroxylation is 1. The quantitative estimate of drug-likeness (QED) is 0.608. The van der Waals surface area contributed by atoms with Gasteiger partial charge < -0.3 is 0 Å². The second-order valence-corrected chi connectivity index (χ2v) is 4.44. The normalized spacial score (nSPS) is 18.5. The van der Waals surface area contributed by atoms with Crippen molar-refractivity contribution in [1.29, 1.82) is 0 Å². The zero-order chi connectivity index (χ0) is 9.71. The van der Waals surface area contributed by atoms with Gasteiger partial charge in [0.1, 0.15) is 0 Å². The second kappa shape index (κ2) is 2.69. The standard InChI is InChI=1S/C13H14O/c1-8-10-4-2-3-9(10)7-12-11(8)5-6-13(12)14/h7H,2-6H2,1H3. The Bertz CT molecular complexity index is 429. The van der Waals surface area contributed by atoms with Crippen molar-refractivity contribution in [2.45, 2.75) is 39.0 Å². The van der Waals surface area contributed by atoms with Crippen molar-refractivity contribution in [3.8, 4) is 0 Å². The first-order chi connectivity index (χ1) is 6.77. The predicted octanol–water partition coefficient (Wildman–Crippen LogP) is 2.61. The lowest BCUT2D eigenvalue weighted by molar-refractivity contribution is 0.0994. The molecule has 1 aromatic carbocycles. The van der Waals surface area contributed by atoms with Gasteiger partial charge in [-0.05, 0) is 60.9 Å². The molecule has 2 aliphatic carbocycles. The summed E-state index contributed by atoms with van der Waals surface area (Å²) in [4.78, 5) is 11.6. The van der Waals surface area contributed by atoms with Crippen LogP contribution >= 0.6 is 0 Å². The molecule has 0 aliphatic heterocycles. The van der Waals surface area contributed by atoms with Crippen molar-refractivity contribution >= 4 is 5.78 Å².